The lowest BCUT2D eigenvalue weighted by molar-refractivity contribution is -0.172. The van der Waals surface area contributed by atoms with Crippen molar-refractivity contribution in [3.63, 3.8) is 0 Å². The third-order valence-electron chi connectivity index (χ3n) is 15.6. The summed E-state index contributed by atoms with van der Waals surface area (Å²) in [7, 11) is 0. The second-order valence-electron chi connectivity index (χ2n) is 31.0. The topological polar surface area (TPSA) is 318 Å². The third-order valence-corrected chi connectivity index (χ3v) is 15.6. The van der Waals surface area contributed by atoms with E-state index in [0.29, 0.717) is 22.8 Å². The Morgan fingerprint density at radius 2 is 0.791 bits per heavy atom. The summed E-state index contributed by atoms with van der Waals surface area (Å²) in [5.41, 5.74) is 4.43. The van der Waals surface area contributed by atoms with Gasteiger partial charge in [-0.1, -0.05) is 191 Å². The van der Waals surface area contributed by atoms with Gasteiger partial charge in [-0.3, -0.25) is 63.9 Å². The molecule has 3 atom stereocenters. The van der Waals surface area contributed by atoms with Crippen molar-refractivity contribution in [2.75, 3.05) is 16.4 Å². The number of rotatable bonds is 20. The molecule has 3 N–H and O–H groups in total. The average molecular weight is 1600 g/mol. The molecule has 5 aromatic carbocycles. The third kappa shape index (κ3) is 34.1. The van der Waals surface area contributed by atoms with Crippen molar-refractivity contribution >= 4 is 94.3 Å². The molecule has 115 heavy (non-hydrogen) atoms. The predicted octanol–water partition coefficient (Wildman–Crippen LogP) is 15.3. The predicted molar refractivity (Wildman–Crippen MR) is 426 cm³/mol. The summed E-state index contributed by atoms with van der Waals surface area (Å²) >= 11 is 0. The van der Waals surface area contributed by atoms with Crippen LogP contribution >= 0.6 is 0 Å². The van der Waals surface area contributed by atoms with E-state index in [2.05, 4.69) is 116 Å². The van der Waals surface area contributed by atoms with Crippen molar-refractivity contribution < 1.29 is 108 Å². The van der Waals surface area contributed by atoms with Gasteiger partial charge in [-0.05, 0) is 154 Å². The molecule has 622 valence electrons. The minimum atomic E-state index is -5.27. The standard InChI is InChI=1S/C20H27NO4.C18H23NO4.C17H18F3NO4.C17H21NO4.C15H17F2NO2/c1-12(2)16(25-19(24)13(3)4)18(23)21-17(22)14-8-10-15(11-9-14)20(5,6)7;1-11(2)17(22)23-12(3)15(20)19-16(21)13-7-9-14(10-8-13)18(4,5)6;1-5-13(25-15(23)10(2)3)14(22)21(16(24)17(18,19)20)12-8-6-11(4)7-9-12;1-11(2)16(21)22-10-14(19)18-15(20)12-6-8-13(9-7-12)17(3,4)5;1-9(2)13(19)18(14(20)15(3,4)5)12-7-10(16)6-11(17)8-12/h8-12,16H,3H2,1-2,4-7H3,(H,21,22,23);7-10,12H,1H2,2-6H3,(H,19,20,21);6-9,13H,2,5H2,1,3-4H3;6-9H,1,10H2,2-5H3,(H,18,19,20);6-8H,1H2,2-5H3. The quantitative estimate of drug-likeness (QED) is 0.0282. The Kier molecular flexibility index (Phi) is 38.6. The molecule has 0 aliphatic carbocycles. The van der Waals surface area contributed by atoms with E-state index in [0.717, 1.165) is 39.3 Å². The lowest BCUT2D eigenvalue weighted by Gasteiger charge is -2.28. The molecule has 0 saturated heterocycles. The van der Waals surface area contributed by atoms with Gasteiger partial charge in [-0.15, -0.1) is 0 Å². The van der Waals surface area contributed by atoms with Crippen molar-refractivity contribution in [2.24, 2.45) is 11.3 Å². The molecule has 0 aromatic heterocycles. The van der Waals surface area contributed by atoms with Crippen LogP contribution in [-0.4, -0.2) is 114 Å². The van der Waals surface area contributed by atoms with Crippen LogP contribution in [0.1, 0.15) is 205 Å². The lowest BCUT2D eigenvalue weighted by atomic mass is 9.86. The SMILES string of the molecule is C=C(C)C(=O)N(C(=O)C(C)(C)C)c1cc(F)cc(F)c1.C=C(C)C(=O)OC(C(=O)NC(=O)c1ccc(C(C)(C)C)cc1)C(C)C.C=C(C)C(=O)OC(C)C(=O)NC(=O)c1ccc(C(C)(C)C)cc1.C=C(C)C(=O)OC(CC)C(=O)N(C(=O)C(F)(F)F)c1ccc(C)cc1.C=C(C)C(=O)OCC(=O)NC(=O)c1ccc(C(C)(C)C)cc1. The summed E-state index contributed by atoms with van der Waals surface area (Å²) in [4.78, 5) is 167. The van der Waals surface area contributed by atoms with Gasteiger partial charge in [0.25, 0.3) is 47.3 Å². The Morgan fingerprint density at radius 3 is 1.12 bits per heavy atom. The Morgan fingerprint density at radius 1 is 0.435 bits per heavy atom. The molecule has 10 amide bonds. The second kappa shape index (κ2) is 43.9. The molecule has 3 unspecified atom stereocenters. The monoisotopic (exact) mass is 1600 g/mol. The fourth-order valence-corrected chi connectivity index (χ4v) is 8.79. The van der Waals surface area contributed by atoms with Gasteiger partial charge in [0.2, 0.25) is 5.91 Å². The van der Waals surface area contributed by atoms with Gasteiger partial charge in [-0.25, -0.2) is 37.8 Å². The zero-order valence-corrected chi connectivity index (χ0v) is 69.4. The minimum Gasteiger partial charge on any atom is -0.452 e. The van der Waals surface area contributed by atoms with Gasteiger partial charge in [-0.2, -0.15) is 13.2 Å². The zero-order valence-electron chi connectivity index (χ0n) is 69.4. The summed E-state index contributed by atoms with van der Waals surface area (Å²) in [5, 5.41) is 6.67. The maximum atomic E-state index is 13.3. The van der Waals surface area contributed by atoms with Gasteiger partial charge < -0.3 is 18.9 Å². The van der Waals surface area contributed by atoms with Crippen LogP contribution in [0.3, 0.4) is 0 Å². The number of nitrogens with one attached hydrogen (secondary N) is 3. The highest BCUT2D eigenvalue weighted by Crippen LogP contribution is 2.30. The van der Waals surface area contributed by atoms with E-state index in [4.69, 9.17) is 14.2 Å². The van der Waals surface area contributed by atoms with Crippen molar-refractivity contribution in [1.29, 1.82) is 0 Å². The average Bonchev–Trinajstić information content (AvgIpc) is 0.803. The number of halogens is 5. The van der Waals surface area contributed by atoms with E-state index < -0.39 is 131 Å². The Hall–Kier alpha value is -12.0. The Balaban J connectivity index is 0.000000720. The number of amides is 10. The number of hydrogen-bond donors (Lipinski definition) is 3. The first-order chi connectivity index (χ1) is 52.6. The molecular formula is C87H106F5N5O18. The highest BCUT2D eigenvalue weighted by Gasteiger charge is 2.47. The molecule has 0 spiro atoms. The summed E-state index contributed by atoms with van der Waals surface area (Å²) in [5.74, 6) is -13.4. The number of aryl methyl sites for hydroxylation is 1. The minimum absolute atomic E-state index is 0.0123. The number of carbonyl (C=O) groups is 14. The van der Waals surface area contributed by atoms with Crippen molar-refractivity contribution in [2.45, 2.75) is 199 Å². The number of hydrogen-bond acceptors (Lipinski definition) is 18. The number of carbonyl (C=O) groups excluding carboxylic acids is 14. The number of benzene rings is 5. The van der Waals surface area contributed by atoms with Crippen LogP contribution in [0.2, 0.25) is 0 Å². The molecule has 0 aliphatic rings. The summed E-state index contributed by atoms with van der Waals surface area (Å²) in [6.07, 6.45) is -9.04. The summed E-state index contributed by atoms with van der Waals surface area (Å²) < 4.78 is 84.9. The van der Waals surface area contributed by atoms with E-state index in [9.17, 15) is 89.1 Å². The molecule has 28 heteroatoms. The van der Waals surface area contributed by atoms with Crippen molar-refractivity contribution in [3.8, 4) is 0 Å². The Bertz CT molecular complexity index is 4440. The highest BCUT2D eigenvalue weighted by atomic mass is 19.4. The number of esters is 4. The maximum absolute atomic E-state index is 13.3. The molecular weight excluding hydrogens is 1500 g/mol. The number of ether oxygens (including phenoxy) is 4. The summed E-state index contributed by atoms with van der Waals surface area (Å²) in [6, 6.07) is 29.0. The molecule has 23 nitrogen and oxygen atoms in total. The number of anilines is 2. The van der Waals surface area contributed by atoms with E-state index in [-0.39, 0.29) is 72.7 Å². The van der Waals surface area contributed by atoms with Crippen molar-refractivity contribution in [1.82, 2.24) is 16.0 Å². The van der Waals surface area contributed by atoms with E-state index >= 15 is 0 Å². The smallest absolute Gasteiger partial charge is 0.452 e. The van der Waals surface area contributed by atoms with Gasteiger partial charge in [0.15, 0.2) is 24.9 Å². The molecule has 0 aliphatic heterocycles. The van der Waals surface area contributed by atoms with Crippen LogP contribution in [-0.2, 0) is 87.9 Å². The normalized spacial score (nSPS) is 11.8. The van der Waals surface area contributed by atoms with Gasteiger partial charge in [0.05, 0.1) is 11.4 Å². The molecule has 0 bridgehead atoms. The largest absolute Gasteiger partial charge is 0.472 e. The van der Waals surface area contributed by atoms with Crippen molar-refractivity contribution in [3.05, 3.63) is 227 Å². The van der Waals surface area contributed by atoms with E-state index in [1.807, 2.05) is 36.4 Å². The molecule has 0 heterocycles. The fourth-order valence-electron chi connectivity index (χ4n) is 8.79. The van der Waals surface area contributed by atoms with Crippen LogP contribution in [0.15, 0.2) is 176 Å². The van der Waals surface area contributed by atoms with Gasteiger partial charge in [0, 0.05) is 56.0 Å². The number of nitrogens with zero attached hydrogens (tertiary/aromatic N) is 2. The van der Waals surface area contributed by atoms with Crippen LogP contribution in [0.4, 0.5) is 33.3 Å². The van der Waals surface area contributed by atoms with Crippen LogP contribution in [0.5, 0.6) is 0 Å². The number of alkyl halides is 3. The van der Waals surface area contributed by atoms with E-state index in [1.165, 1.54) is 72.7 Å². The first kappa shape index (κ1) is 101. The first-order valence-electron chi connectivity index (χ1n) is 35.9. The molecule has 0 fully saturated rings. The van der Waals surface area contributed by atoms with Gasteiger partial charge in [0.1, 0.15) is 11.6 Å². The van der Waals surface area contributed by atoms with Crippen LogP contribution in [0.25, 0.3) is 0 Å². The van der Waals surface area contributed by atoms with E-state index in [1.54, 1.807) is 77.9 Å². The number of imide groups is 5. The van der Waals surface area contributed by atoms with Crippen LogP contribution < -0.4 is 25.8 Å². The van der Waals surface area contributed by atoms with Gasteiger partial charge >= 0.3 is 36.0 Å². The lowest BCUT2D eigenvalue weighted by Crippen LogP contribution is -2.50. The molecule has 0 saturated carbocycles. The second-order valence-corrected chi connectivity index (χ2v) is 31.0. The van der Waals surface area contributed by atoms with Crippen LogP contribution in [0, 0.1) is 29.9 Å². The molecule has 5 aromatic rings. The molecule has 0 radical (unpaired) electrons. The Labute approximate surface area is 669 Å². The molecule has 5 rings (SSSR count). The summed E-state index contributed by atoms with van der Waals surface area (Å²) in [6.45, 7) is 55.4. The zero-order chi connectivity index (χ0) is 89.1. The first-order valence-corrected chi connectivity index (χ1v) is 35.9. The highest BCUT2D eigenvalue weighted by molar-refractivity contribution is 6.22. The fraction of sp³-hybridized carbons (Fsp3) is 0.379. The maximum Gasteiger partial charge on any atom is 0.472 e.